The lowest BCUT2D eigenvalue weighted by atomic mass is 10.0. The highest BCUT2D eigenvalue weighted by Crippen LogP contribution is 2.30. The van der Waals surface area contributed by atoms with E-state index in [4.69, 9.17) is 21.3 Å². The van der Waals surface area contributed by atoms with Crippen molar-refractivity contribution < 1.29 is 9.53 Å². The van der Waals surface area contributed by atoms with Gasteiger partial charge in [-0.25, -0.2) is 4.98 Å². The first-order valence-electron chi connectivity index (χ1n) is 11.3. The molecule has 0 saturated carbocycles. The number of aryl methyl sites for hydroxylation is 1. The molecule has 0 unspecified atom stereocenters. The average molecular weight is 476 g/mol. The van der Waals surface area contributed by atoms with Crippen LogP contribution in [0, 0.1) is 6.92 Å². The molecule has 2 aromatic carbocycles. The minimum Gasteiger partial charge on any atom is -0.497 e. The SMILES string of the molecule is COc1ccc(C(=O)N2CCC(Nc3cc(-c4ccccc4Cl)nc4c(C)cnn34)CC2)cc1. The van der Waals surface area contributed by atoms with Crippen LogP contribution in [0.3, 0.4) is 0 Å². The van der Waals surface area contributed by atoms with Gasteiger partial charge in [-0.1, -0.05) is 29.8 Å². The van der Waals surface area contributed by atoms with Crippen LogP contribution in [0.4, 0.5) is 5.82 Å². The zero-order chi connectivity index (χ0) is 23.7. The number of halogens is 1. The fraction of sp³-hybridized carbons (Fsp3) is 0.269. The zero-order valence-corrected chi connectivity index (χ0v) is 19.9. The number of aromatic nitrogens is 3. The number of nitrogens with zero attached hydrogens (tertiary/aromatic N) is 4. The quantitative estimate of drug-likeness (QED) is 0.435. The van der Waals surface area contributed by atoms with Crippen LogP contribution in [0.5, 0.6) is 5.75 Å². The zero-order valence-electron chi connectivity index (χ0n) is 19.2. The standard InChI is InChI=1S/C26H26ClN5O2/c1-17-16-28-32-24(15-23(30-25(17)32)21-5-3-4-6-22(21)27)29-19-11-13-31(14-12-19)26(33)18-7-9-20(34-2)10-8-18/h3-10,15-16,19,29H,11-14H2,1-2H3. The van der Waals surface area contributed by atoms with Crippen molar-refractivity contribution >= 4 is 29.0 Å². The van der Waals surface area contributed by atoms with Crippen LogP contribution in [0.1, 0.15) is 28.8 Å². The molecule has 0 radical (unpaired) electrons. The summed E-state index contributed by atoms with van der Waals surface area (Å²) in [6.07, 6.45) is 3.50. The van der Waals surface area contributed by atoms with E-state index in [0.29, 0.717) is 23.7 Å². The largest absolute Gasteiger partial charge is 0.497 e. The minimum atomic E-state index is 0.0520. The van der Waals surface area contributed by atoms with Crippen LogP contribution in [-0.2, 0) is 0 Å². The van der Waals surface area contributed by atoms with Gasteiger partial charge in [0.1, 0.15) is 11.6 Å². The number of methoxy groups -OCH3 is 1. The monoisotopic (exact) mass is 475 g/mol. The smallest absolute Gasteiger partial charge is 0.253 e. The molecule has 1 aliphatic heterocycles. The highest BCUT2D eigenvalue weighted by atomic mass is 35.5. The van der Waals surface area contributed by atoms with E-state index in [1.54, 1.807) is 7.11 Å². The van der Waals surface area contributed by atoms with E-state index < -0.39 is 0 Å². The molecule has 3 heterocycles. The number of anilines is 1. The van der Waals surface area contributed by atoms with Gasteiger partial charge in [-0.3, -0.25) is 4.79 Å². The van der Waals surface area contributed by atoms with Crippen LogP contribution in [0.25, 0.3) is 16.9 Å². The van der Waals surface area contributed by atoms with Crippen molar-refractivity contribution in [3.63, 3.8) is 0 Å². The summed E-state index contributed by atoms with van der Waals surface area (Å²) in [6.45, 7) is 3.37. The second-order valence-electron chi connectivity index (χ2n) is 8.51. The van der Waals surface area contributed by atoms with E-state index in [-0.39, 0.29) is 11.9 Å². The Bertz CT molecular complexity index is 1330. The summed E-state index contributed by atoms with van der Waals surface area (Å²) in [6, 6.07) is 17.2. The van der Waals surface area contributed by atoms with Gasteiger partial charge in [0.2, 0.25) is 0 Å². The summed E-state index contributed by atoms with van der Waals surface area (Å²) < 4.78 is 7.03. The topological polar surface area (TPSA) is 71.8 Å². The Hall–Kier alpha value is -3.58. The molecule has 174 valence electrons. The third-order valence-corrected chi connectivity index (χ3v) is 6.60. The maximum Gasteiger partial charge on any atom is 0.253 e. The third kappa shape index (κ3) is 4.31. The Morgan fingerprint density at radius 3 is 2.56 bits per heavy atom. The molecule has 8 heteroatoms. The van der Waals surface area contributed by atoms with E-state index in [0.717, 1.165) is 46.9 Å². The molecule has 2 aromatic heterocycles. The summed E-state index contributed by atoms with van der Waals surface area (Å²) in [4.78, 5) is 19.6. The number of benzene rings is 2. The van der Waals surface area contributed by atoms with Crippen LogP contribution in [0.2, 0.25) is 5.02 Å². The Morgan fingerprint density at radius 1 is 1.12 bits per heavy atom. The number of nitrogens with one attached hydrogen (secondary N) is 1. The summed E-state index contributed by atoms with van der Waals surface area (Å²) in [5, 5.41) is 8.83. The van der Waals surface area contributed by atoms with Crippen LogP contribution < -0.4 is 10.1 Å². The van der Waals surface area contributed by atoms with Gasteiger partial charge in [0.05, 0.1) is 19.0 Å². The van der Waals surface area contributed by atoms with Gasteiger partial charge in [-0.05, 0) is 50.1 Å². The van der Waals surface area contributed by atoms with E-state index in [1.807, 2.05) is 77.1 Å². The molecule has 4 aromatic rings. The van der Waals surface area contributed by atoms with Crippen molar-refractivity contribution in [3.05, 3.63) is 76.9 Å². The molecule has 0 atom stereocenters. The van der Waals surface area contributed by atoms with Crippen molar-refractivity contribution in [3.8, 4) is 17.0 Å². The molecule has 34 heavy (non-hydrogen) atoms. The minimum absolute atomic E-state index is 0.0520. The number of hydrogen-bond donors (Lipinski definition) is 1. The lowest BCUT2D eigenvalue weighted by molar-refractivity contribution is 0.0718. The maximum atomic E-state index is 12.9. The maximum absolute atomic E-state index is 12.9. The first kappa shape index (κ1) is 22.2. The number of fused-ring (bicyclic) bond motifs is 1. The van der Waals surface area contributed by atoms with Crippen molar-refractivity contribution in [2.75, 3.05) is 25.5 Å². The van der Waals surface area contributed by atoms with Crippen molar-refractivity contribution in [1.29, 1.82) is 0 Å². The normalized spacial score (nSPS) is 14.4. The number of rotatable bonds is 5. The highest BCUT2D eigenvalue weighted by molar-refractivity contribution is 6.33. The van der Waals surface area contributed by atoms with Gasteiger partial charge in [-0.2, -0.15) is 9.61 Å². The number of hydrogen-bond acceptors (Lipinski definition) is 5. The third-order valence-electron chi connectivity index (χ3n) is 6.27. The van der Waals surface area contributed by atoms with E-state index in [1.165, 1.54) is 0 Å². The lowest BCUT2D eigenvalue weighted by Crippen LogP contribution is -2.42. The molecule has 1 saturated heterocycles. The van der Waals surface area contributed by atoms with E-state index in [2.05, 4.69) is 10.4 Å². The molecular weight excluding hydrogens is 450 g/mol. The number of ether oxygens (including phenoxy) is 1. The summed E-state index contributed by atoms with van der Waals surface area (Å²) in [5.41, 5.74) is 4.16. The molecule has 7 nitrogen and oxygen atoms in total. The predicted octanol–water partition coefficient (Wildman–Crippen LogP) is 5.08. The van der Waals surface area contributed by atoms with Crippen LogP contribution >= 0.6 is 11.6 Å². The van der Waals surface area contributed by atoms with Gasteiger partial charge in [0.25, 0.3) is 5.91 Å². The van der Waals surface area contributed by atoms with Gasteiger partial charge < -0.3 is 15.0 Å². The molecule has 1 fully saturated rings. The molecule has 1 N–H and O–H groups in total. The summed E-state index contributed by atoms with van der Waals surface area (Å²) in [7, 11) is 1.62. The number of carbonyl (C=O) groups excluding carboxylic acids is 1. The summed E-state index contributed by atoms with van der Waals surface area (Å²) in [5.74, 6) is 1.66. The fourth-order valence-corrected chi connectivity index (χ4v) is 4.57. The van der Waals surface area contributed by atoms with Crippen molar-refractivity contribution in [2.24, 2.45) is 0 Å². The fourth-order valence-electron chi connectivity index (χ4n) is 4.33. The number of carbonyl (C=O) groups is 1. The first-order chi connectivity index (χ1) is 16.5. The highest BCUT2D eigenvalue weighted by Gasteiger charge is 2.25. The molecule has 5 rings (SSSR count). The molecule has 0 spiro atoms. The molecule has 1 amide bonds. The van der Waals surface area contributed by atoms with Gasteiger partial charge in [-0.15, -0.1) is 0 Å². The molecular formula is C26H26ClN5O2. The van der Waals surface area contributed by atoms with Gasteiger partial charge in [0, 0.05) is 46.9 Å². The van der Waals surface area contributed by atoms with Crippen LogP contribution in [-0.4, -0.2) is 51.6 Å². The number of amides is 1. The Morgan fingerprint density at radius 2 is 1.85 bits per heavy atom. The Balaban J connectivity index is 1.33. The predicted molar refractivity (Wildman–Crippen MR) is 134 cm³/mol. The van der Waals surface area contributed by atoms with Gasteiger partial charge >= 0.3 is 0 Å². The molecule has 0 aliphatic carbocycles. The second-order valence-corrected chi connectivity index (χ2v) is 8.92. The van der Waals surface area contributed by atoms with E-state index in [9.17, 15) is 4.79 Å². The number of piperidine rings is 1. The average Bonchev–Trinajstić information content (AvgIpc) is 3.25. The summed E-state index contributed by atoms with van der Waals surface area (Å²) >= 11 is 6.45. The van der Waals surface area contributed by atoms with Gasteiger partial charge in [0.15, 0.2) is 5.65 Å². The molecule has 0 bridgehead atoms. The second kappa shape index (κ2) is 9.35. The molecule has 1 aliphatic rings. The Labute approximate surface area is 203 Å². The van der Waals surface area contributed by atoms with E-state index >= 15 is 0 Å². The van der Waals surface area contributed by atoms with Crippen molar-refractivity contribution in [2.45, 2.75) is 25.8 Å². The first-order valence-corrected chi connectivity index (χ1v) is 11.7. The number of likely N-dealkylation sites (tertiary alicyclic amines) is 1. The Kier molecular flexibility index (Phi) is 6.11. The van der Waals surface area contributed by atoms with Crippen molar-refractivity contribution in [1.82, 2.24) is 19.5 Å². The lowest BCUT2D eigenvalue weighted by Gasteiger charge is -2.33. The van der Waals surface area contributed by atoms with Crippen LogP contribution in [0.15, 0.2) is 60.8 Å².